The van der Waals surface area contributed by atoms with Crippen molar-refractivity contribution in [2.75, 3.05) is 6.61 Å². The van der Waals surface area contributed by atoms with Crippen molar-refractivity contribution in [1.82, 2.24) is 5.32 Å². The highest BCUT2D eigenvalue weighted by molar-refractivity contribution is 5.76. The first-order chi connectivity index (χ1) is 8.29. The van der Waals surface area contributed by atoms with E-state index >= 15 is 0 Å². The Bertz CT molecular complexity index is 301. The maximum atomic E-state index is 11.7. The van der Waals surface area contributed by atoms with Gasteiger partial charge in [0.05, 0.1) is 12.2 Å². The van der Waals surface area contributed by atoms with E-state index in [2.05, 4.69) is 11.4 Å². The van der Waals surface area contributed by atoms with Gasteiger partial charge in [0.1, 0.15) is 6.04 Å². The number of nitriles is 1. The molecule has 2 rings (SSSR count). The van der Waals surface area contributed by atoms with Crippen LogP contribution < -0.4 is 5.32 Å². The number of amides is 1. The number of nitrogens with zero attached hydrogens (tertiary/aromatic N) is 1. The van der Waals surface area contributed by atoms with Crippen LogP contribution in [0, 0.1) is 17.2 Å². The zero-order chi connectivity index (χ0) is 12.1. The molecule has 1 aliphatic carbocycles. The van der Waals surface area contributed by atoms with Gasteiger partial charge < -0.3 is 10.1 Å². The molecule has 1 heterocycles. The normalized spacial score (nSPS) is 25.9. The summed E-state index contributed by atoms with van der Waals surface area (Å²) in [7, 11) is 0. The van der Waals surface area contributed by atoms with Crippen molar-refractivity contribution in [3.8, 4) is 6.07 Å². The molecule has 0 spiro atoms. The van der Waals surface area contributed by atoms with Gasteiger partial charge in [-0.2, -0.15) is 5.26 Å². The van der Waals surface area contributed by atoms with Gasteiger partial charge in [-0.05, 0) is 44.4 Å². The Kier molecular flexibility index (Phi) is 4.38. The first-order valence-electron chi connectivity index (χ1n) is 6.60. The predicted octanol–water partition coefficient (Wildman–Crippen LogP) is 1.75. The molecule has 0 aromatic heterocycles. The summed E-state index contributed by atoms with van der Waals surface area (Å²) in [5.41, 5.74) is 0. The van der Waals surface area contributed by atoms with Crippen LogP contribution >= 0.6 is 0 Å². The Hall–Kier alpha value is -1.08. The minimum atomic E-state index is -0.269. The molecule has 0 bridgehead atoms. The van der Waals surface area contributed by atoms with E-state index < -0.39 is 0 Å². The second kappa shape index (κ2) is 6.02. The van der Waals surface area contributed by atoms with E-state index in [-0.39, 0.29) is 18.1 Å². The number of carbonyl (C=O) groups excluding carboxylic acids is 1. The van der Waals surface area contributed by atoms with Crippen molar-refractivity contribution >= 4 is 5.91 Å². The van der Waals surface area contributed by atoms with E-state index in [9.17, 15) is 4.79 Å². The molecule has 4 nitrogen and oxygen atoms in total. The highest BCUT2D eigenvalue weighted by atomic mass is 16.5. The largest absolute Gasteiger partial charge is 0.378 e. The summed E-state index contributed by atoms with van der Waals surface area (Å²) in [4.78, 5) is 11.7. The van der Waals surface area contributed by atoms with E-state index in [1.165, 1.54) is 6.42 Å². The first-order valence-corrected chi connectivity index (χ1v) is 6.60. The fraction of sp³-hybridized carbons (Fsp3) is 0.846. The maximum Gasteiger partial charge on any atom is 0.221 e. The van der Waals surface area contributed by atoms with E-state index in [4.69, 9.17) is 10.00 Å². The predicted molar refractivity (Wildman–Crippen MR) is 63.1 cm³/mol. The number of ether oxygens (including phenoxy) is 1. The quantitative estimate of drug-likeness (QED) is 0.791. The fourth-order valence-corrected chi connectivity index (χ4v) is 2.26. The summed E-state index contributed by atoms with van der Waals surface area (Å²) in [6.07, 6.45) is 7.07. The Morgan fingerprint density at radius 2 is 2.24 bits per heavy atom. The second-order valence-corrected chi connectivity index (χ2v) is 5.04. The Balaban J connectivity index is 1.64. The topological polar surface area (TPSA) is 62.1 Å². The van der Waals surface area contributed by atoms with Crippen LogP contribution in [0.3, 0.4) is 0 Å². The SMILES string of the molecule is N#CC(NC(=O)CCC1CCCCO1)C1CC1. The molecule has 1 aliphatic heterocycles. The second-order valence-electron chi connectivity index (χ2n) is 5.04. The molecule has 1 saturated carbocycles. The molecular weight excluding hydrogens is 216 g/mol. The zero-order valence-corrected chi connectivity index (χ0v) is 10.2. The standard InChI is InChI=1S/C13H20N2O2/c14-9-12(10-4-5-10)15-13(16)7-6-11-3-1-2-8-17-11/h10-12H,1-8H2,(H,15,16). The third kappa shape index (κ3) is 4.01. The van der Waals surface area contributed by atoms with Crippen LogP contribution in [0.5, 0.6) is 0 Å². The lowest BCUT2D eigenvalue weighted by Gasteiger charge is -2.22. The highest BCUT2D eigenvalue weighted by Crippen LogP contribution is 2.32. The van der Waals surface area contributed by atoms with E-state index in [1.807, 2.05) is 0 Å². The number of hydrogen-bond donors (Lipinski definition) is 1. The van der Waals surface area contributed by atoms with Crippen molar-refractivity contribution < 1.29 is 9.53 Å². The summed E-state index contributed by atoms with van der Waals surface area (Å²) in [6, 6.07) is 1.90. The summed E-state index contributed by atoms with van der Waals surface area (Å²) in [6.45, 7) is 0.829. The molecule has 1 amide bonds. The molecule has 4 heteroatoms. The maximum absolute atomic E-state index is 11.7. The van der Waals surface area contributed by atoms with Crippen LogP contribution in [-0.2, 0) is 9.53 Å². The first kappa shape index (κ1) is 12.4. The molecule has 2 unspecified atom stereocenters. The van der Waals surface area contributed by atoms with Crippen molar-refractivity contribution in [3.63, 3.8) is 0 Å². The average molecular weight is 236 g/mol. The third-order valence-corrected chi connectivity index (χ3v) is 3.52. The molecule has 0 aromatic carbocycles. The molecule has 1 saturated heterocycles. The molecule has 2 fully saturated rings. The number of rotatable bonds is 5. The lowest BCUT2D eigenvalue weighted by atomic mass is 10.0. The van der Waals surface area contributed by atoms with Crippen LogP contribution in [-0.4, -0.2) is 24.7 Å². The van der Waals surface area contributed by atoms with Crippen LogP contribution in [0.4, 0.5) is 0 Å². The van der Waals surface area contributed by atoms with Gasteiger partial charge in [0.2, 0.25) is 5.91 Å². The van der Waals surface area contributed by atoms with Gasteiger partial charge in [-0.1, -0.05) is 0 Å². The average Bonchev–Trinajstić information content (AvgIpc) is 3.19. The third-order valence-electron chi connectivity index (χ3n) is 3.52. The highest BCUT2D eigenvalue weighted by Gasteiger charge is 2.32. The van der Waals surface area contributed by atoms with E-state index in [0.717, 1.165) is 38.7 Å². The molecule has 1 N–H and O–H groups in total. The van der Waals surface area contributed by atoms with Crippen molar-refractivity contribution in [1.29, 1.82) is 5.26 Å². The summed E-state index contributed by atoms with van der Waals surface area (Å²) in [5.74, 6) is 0.396. The smallest absolute Gasteiger partial charge is 0.221 e. The number of nitrogens with one attached hydrogen (secondary N) is 1. The van der Waals surface area contributed by atoms with Crippen molar-refractivity contribution in [2.24, 2.45) is 5.92 Å². The van der Waals surface area contributed by atoms with Gasteiger partial charge in [0.15, 0.2) is 0 Å². The van der Waals surface area contributed by atoms with E-state index in [0.29, 0.717) is 12.3 Å². The van der Waals surface area contributed by atoms with Gasteiger partial charge in [0.25, 0.3) is 0 Å². The van der Waals surface area contributed by atoms with Crippen molar-refractivity contribution in [3.05, 3.63) is 0 Å². The van der Waals surface area contributed by atoms with Crippen LogP contribution in [0.25, 0.3) is 0 Å². The van der Waals surface area contributed by atoms with Crippen LogP contribution in [0.1, 0.15) is 44.9 Å². The number of carbonyl (C=O) groups is 1. The molecule has 2 aliphatic rings. The van der Waals surface area contributed by atoms with Crippen LogP contribution in [0.2, 0.25) is 0 Å². The molecule has 0 radical (unpaired) electrons. The van der Waals surface area contributed by atoms with Crippen molar-refractivity contribution in [2.45, 2.75) is 57.1 Å². The monoisotopic (exact) mass is 236 g/mol. The van der Waals surface area contributed by atoms with Crippen LogP contribution in [0.15, 0.2) is 0 Å². The Morgan fingerprint density at radius 3 is 2.82 bits per heavy atom. The van der Waals surface area contributed by atoms with Gasteiger partial charge in [-0.3, -0.25) is 4.79 Å². The molecule has 2 atom stereocenters. The Morgan fingerprint density at radius 1 is 1.41 bits per heavy atom. The minimum Gasteiger partial charge on any atom is -0.378 e. The molecule has 0 aromatic rings. The van der Waals surface area contributed by atoms with Gasteiger partial charge in [0, 0.05) is 13.0 Å². The lowest BCUT2D eigenvalue weighted by molar-refractivity contribution is -0.122. The molecular formula is C13H20N2O2. The van der Waals surface area contributed by atoms with Gasteiger partial charge in [-0.15, -0.1) is 0 Å². The molecule has 17 heavy (non-hydrogen) atoms. The summed E-state index contributed by atoms with van der Waals surface area (Å²) >= 11 is 0. The molecule has 94 valence electrons. The minimum absolute atomic E-state index is 0.00220. The Labute approximate surface area is 102 Å². The summed E-state index contributed by atoms with van der Waals surface area (Å²) in [5, 5.41) is 11.7. The summed E-state index contributed by atoms with van der Waals surface area (Å²) < 4.78 is 5.57. The lowest BCUT2D eigenvalue weighted by Crippen LogP contribution is -2.35. The van der Waals surface area contributed by atoms with Gasteiger partial charge >= 0.3 is 0 Å². The number of hydrogen-bond acceptors (Lipinski definition) is 3. The zero-order valence-electron chi connectivity index (χ0n) is 10.2. The van der Waals surface area contributed by atoms with Gasteiger partial charge in [-0.25, -0.2) is 0 Å². The fourth-order valence-electron chi connectivity index (χ4n) is 2.26. The van der Waals surface area contributed by atoms with E-state index in [1.54, 1.807) is 0 Å².